The Morgan fingerprint density at radius 1 is 1.39 bits per heavy atom. The molecule has 1 aliphatic rings. The van der Waals surface area contributed by atoms with Crippen LogP contribution in [0.2, 0.25) is 0 Å². The summed E-state index contributed by atoms with van der Waals surface area (Å²) in [6, 6.07) is 7.42. The normalized spacial score (nSPS) is 17.6. The van der Waals surface area contributed by atoms with E-state index in [1.165, 1.54) is 0 Å². The molecule has 1 atom stereocenters. The van der Waals surface area contributed by atoms with E-state index in [4.69, 9.17) is 0 Å². The van der Waals surface area contributed by atoms with Crippen molar-refractivity contribution < 1.29 is 4.79 Å². The second kappa shape index (κ2) is 4.34. The Labute approximate surface area is 108 Å². The molecule has 90 valence electrons. The van der Waals surface area contributed by atoms with Gasteiger partial charge >= 0.3 is 0 Å². The Morgan fingerprint density at radius 2 is 2.22 bits per heavy atom. The van der Waals surface area contributed by atoms with E-state index in [0.29, 0.717) is 0 Å². The summed E-state index contributed by atoms with van der Waals surface area (Å²) in [5.74, 6) is 0. The number of nitrogens with one attached hydrogen (secondary N) is 1. The van der Waals surface area contributed by atoms with Gasteiger partial charge in [-0.25, -0.2) is 4.98 Å². The molecule has 18 heavy (non-hydrogen) atoms. The van der Waals surface area contributed by atoms with Gasteiger partial charge in [-0.05, 0) is 12.5 Å². The van der Waals surface area contributed by atoms with Crippen LogP contribution < -0.4 is 5.43 Å². The number of carbonyl (C=O) groups excluding carboxylic acids is 1. The fourth-order valence-corrected chi connectivity index (χ4v) is 2.78. The summed E-state index contributed by atoms with van der Waals surface area (Å²) < 4.78 is 0. The van der Waals surface area contributed by atoms with Crippen LogP contribution in [0.15, 0.2) is 34.7 Å². The number of nitrogens with zero attached hydrogens (tertiary/aromatic N) is 2. The van der Waals surface area contributed by atoms with Crippen LogP contribution >= 0.6 is 11.3 Å². The largest absolute Gasteiger partial charge is 0.301 e. The molecule has 2 heterocycles. The van der Waals surface area contributed by atoms with Crippen LogP contribution in [0.4, 0.5) is 0 Å². The first-order chi connectivity index (χ1) is 8.79. The molecular formula is C13H11N3OS. The third-order valence-corrected chi connectivity index (χ3v) is 3.79. The second-order valence-corrected chi connectivity index (χ2v) is 4.94. The van der Waals surface area contributed by atoms with Crippen molar-refractivity contribution in [2.75, 3.05) is 0 Å². The predicted molar refractivity (Wildman–Crippen MR) is 70.9 cm³/mol. The lowest BCUT2D eigenvalue weighted by Crippen LogP contribution is -2.27. The highest BCUT2D eigenvalue weighted by molar-refractivity contribution is 7.12. The molecule has 0 saturated heterocycles. The van der Waals surface area contributed by atoms with Crippen molar-refractivity contribution in [2.24, 2.45) is 5.10 Å². The number of hydrazone groups is 1. The van der Waals surface area contributed by atoms with Gasteiger partial charge in [-0.2, -0.15) is 5.10 Å². The van der Waals surface area contributed by atoms with E-state index in [0.717, 1.165) is 33.8 Å². The van der Waals surface area contributed by atoms with Crippen LogP contribution in [0.3, 0.4) is 0 Å². The summed E-state index contributed by atoms with van der Waals surface area (Å²) in [4.78, 5) is 15.5. The zero-order valence-corrected chi connectivity index (χ0v) is 10.6. The summed E-state index contributed by atoms with van der Waals surface area (Å²) in [6.07, 6.45) is 0.867. The zero-order valence-electron chi connectivity index (χ0n) is 9.75. The van der Waals surface area contributed by atoms with Gasteiger partial charge in [0.25, 0.3) is 0 Å². The van der Waals surface area contributed by atoms with Gasteiger partial charge in [-0.15, -0.1) is 11.3 Å². The lowest BCUT2D eigenvalue weighted by atomic mass is 9.97. The van der Waals surface area contributed by atoms with E-state index in [-0.39, 0.29) is 6.04 Å². The molecule has 0 spiro atoms. The summed E-state index contributed by atoms with van der Waals surface area (Å²) >= 11 is 1.56. The number of carbonyl (C=O) groups is 1. The highest BCUT2D eigenvalue weighted by Crippen LogP contribution is 2.25. The molecule has 1 N–H and O–H groups in total. The molecule has 1 aromatic heterocycles. The Balaban J connectivity index is 2.13. The molecule has 0 radical (unpaired) electrons. The smallest absolute Gasteiger partial charge is 0.148 e. The van der Waals surface area contributed by atoms with Crippen molar-refractivity contribution in [2.45, 2.75) is 13.0 Å². The van der Waals surface area contributed by atoms with Crippen molar-refractivity contribution in [3.8, 4) is 0 Å². The van der Waals surface area contributed by atoms with Gasteiger partial charge in [-0.3, -0.25) is 5.43 Å². The van der Waals surface area contributed by atoms with Crippen molar-refractivity contribution in [1.29, 1.82) is 0 Å². The van der Waals surface area contributed by atoms with Crippen molar-refractivity contribution in [3.63, 3.8) is 0 Å². The maximum absolute atomic E-state index is 11.0. The van der Waals surface area contributed by atoms with Gasteiger partial charge < -0.3 is 4.79 Å². The molecule has 0 amide bonds. The van der Waals surface area contributed by atoms with Crippen LogP contribution in [0.5, 0.6) is 0 Å². The standard InChI is InChI=1S/C13H11N3OS/c1-8-7-18-13(14-8)12-10-5-3-2-4-9(10)11(6-17)15-16-12/h2-7,11,15H,1H3. The molecule has 0 fully saturated rings. The number of rotatable bonds is 2. The highest BCUT2D eigenvalue weighted by atomic mass is 32.1. The monoisotopic (exact) mass is 257 g/mol. The summed E-state index contributed by atoms with van der Waals surface area (Å²) in [6.45, 7) is 1.96. The summed E-state index contributed by atoms with van der Waals surface area (Å²) in [7, 11) is 0. The number of hydrogen-bond acceptors (Lipinski definition) is 5. The van der Waals surface area contributed by atoms with Gasteiger partial charge in [0.15, 0.2) is 0 Å². The molecule has 0 saturated carbocycles. The maximum atomic E-state index is 11.0. The lowest BCUT2D eigenvalue weighted by molar-refractivity contribution is -0.109. The van der Waals surface area contributed by atoms with Crippen LogP contribution in [0.1, 0.15) is 27.9 Å². The Kier molecular flexibility index (Phi) is 2.68. The van der Waals surface area contributed by atoms with Gasteiger partial charge in [0, 0.05) is 16.6 Å². The van der Waals surface area contributed by atoms with E-state index in [1.54, 1.807) is 11.3 Å². The topological polar surface area (TPSA) is 54.4 Å². The summed E-state index contributed by atoms with van der Waals surface area (Å²) in [5, 5.41) is 7.15. The molecule has 1 unspecified atom stereocenters. The van der Waals surface area contributed by atoms with E-state index in [2.05, 4.69) is 15.5 Å². The molecule has 0 bridgehead atoms. The van der Waals surface area contributed by atoms with E-state index in [1.807, 2.05) is 36.6 Å². The highest BCUT2D eigenvalue weighted by Gasteiger charge is 2.24. The number of aryl methyl sites for hydroxylation is 1. The second-order valence-electron chi connectivity index (χ2n) is 4.08. The van der Waals surface area contributed by atoms with Crippen LogP contribution in [-0.2, 0) is 4.79 Å². The Hall–Kier alpha value is -2.01. The summed E-state index contributed by atoms with van der Waals surface area (Å²) in [5.41, 5.74) is 6.58. The third kappa shape index (κ3) is 1.73. The molecule has 0 aliphatic carbocycles. The van der Waals surface area contributed by atoms with Gasteiger partial charge in [0.05, 0.1) is 0 Å². The van der Waals surface area contributed by atoms with Gasteiger partial charge in [0.1, 0.15) is 23.0 Å². The average molecular weight is 257 g/mol. The first-order valence-corrected chi connectivity index (χ1v) is 6.48. The molecule has 1 aliphatic heterocycles. The number of hydrogen-bond donors (Lipinski definition) is 1. The Morgan fingerprint density at radius 3 is 2.94 bits per heavy atom. The molecule has 2 aromatic rings. The molecule has 3 rings (SSSR count). The SMILES string of the molecule is Cc1csc(C2=NNC(C=O)c3ccccc32)n1. The number of thiazole rings is 1. The van der Waals surface area contributed by atoms with Gasteiger partial charge in [-0.1, -0.05) is 24.3 Å². The molecular weight excluding hydrogens is 246 g/mol. The number of aldehydes is 1. The quantitative estimate of drug-likeness (QED) is 0.838. The minimum Gasteiger partial charge on any atom is -0.301 e. The van der Waals surface area contributed by atoms with E-state index in [9.17, 15) is 4.79 Å². The Bertz CT molecular complexity index is 633. The van der Waals surface area contributed by atoms with Crippen LogP contribution in [0.25, 0.3) is 0 Å². The number of fused-ring (bicyclic) bond motifs is 1. The minimum atomic E-state index is -0.369. The minimum absolute atomic E-state index is 0.369. The zero-order chi connectivity index (χ0) is 12.5. The predicted octanol–water partition coefficient (Wildman–Crippen LogP) is 2.05. The number of benzene rings is 1. The van der Waals surface area contributed by atoms with E-state index >= 15 is 0 Å². The first kappa shape index (κ1) is 11.1. The van der Waals surface area contributed by atoms with Crippen LogP contribution in [-0.4, -0.2) is 17.0 Å². The van der Waals surface area contributed by atoms with E-state index < -0.39 is 0 Å². The van der Waals surface area contributed by atoms with Crippen LogP contribution in [0, 0.1) is 6.92 Å². The fraction of sp³-hybridized carbons (Fsp3) is 0.154. The average Bonchev–Trinajstić information content (AvgIpc) is 2.84. The van der Waals surface area contributed by atoms with Crippen molar-refractivity contribution in [1.82, 2.24) is 10.4 Å². The lowest BCUT2D eigenvalue weighted by Gasteiger charge is -2.21. The molecule has 5 heteroatoms. The number of aromatic nitrogens is 1. The first-order valence-electron chi connectivity index (χ1n) is 5.60. The maximum Gasteiger partial charge on any atom is 0.148 e. The van der Waals surface area contributed by atoms with Gasteiger partial charge in [0.2, 0.25) is 0 Å². The fourth-order valence-electron chi connectivity index (χ4n) is 1.98. The van der Waals surface area contributed by atoms with Crippen molar-refractivity contribution in [3.05, 3.63) is 51.5 Å². The molecule has 4 nitrogen and oxygen atoms in total. The molecule has 1 aromatic carbocycles. The third-order valence-electron chi connectivity index (χ3n) is 2.82. The van der Waals surface area contributed by atoms with Crippen molar-refractivity contribution >= 4 is 23.3 Å².